The number of aryl methyl sites for hydroxylation is 1. The van der Waals surface area contributed by atoms with Crippen LogP contribution in [0.4, 0.5) is 15.9 Å². The number of piperazine rings is 1. The van der Waals surface area contributed by atoms with Gasteiger partial charge in [-0.25, -0.2) is 13.9 Å². The summed E-state index contributed by atoms with van der Waals surface area (Å²) in [6.45, 7) is 5.17. The molecular weight excluding hydrogens is 365 g/mol. The third-order valence-electron chi connectivity index (χ3n) is 5.56. The van der Waals surface area contributed by atoms with E-state index < -0.39 is 0 Å². The van der Waals surface area contributed by atoms with Gasteiger partial charge in [0.05, 0.1) is 11.4 Å². The monoisotopic (exact) mass is 387 g/mol. The normalized spacial score (nSPS) is 14.6. The zero-order chi connectivity index (χ0) is 19.8. The lowest BCUT2D eigenvalue weighted by atomic mass is 10.1. The minimum absolute atomic E-state index is 0.167. The number of para-hydroxylation sites is 1. The number of nitrogens with zero attached hydrogens (tertiary/aromatic N) is 5. The average molecular weight is 387 g/mol. The second-order valence-corrected chi connectivity index (χ2v) is 7.35. The van der Waals surface area contributed by atoms with Crippen molar-refractivity contribution in [3.8, 4) is 11.3 Å². The van der Waals surface area contributed by atoms with Crippen molar-refractivity contribution in [3.63, 3.8) is 0 Å². The molecule has 0 aliphatic carbocycles. The first-order valence-corrected chi connectivity index (χ1v) is 9.85. The molecule has 1 aliphatic rings. The first kappa shape index (κ1) is 17.7. The molecule has 0 bridgehead atoms. The molecule has 146 valence electrons. The van der Waals surface area contributed by atoms with Crippen LogP contribution in [0, 0.1) is 12.7 Å². The van der Waals surface area contributed by atoms with E-state index in [1.54, 1.807) is 12.3 Å². The number of rotatable bonds is 3. The Labute approximate surface area is 169 Å². The molecule has 1 fully saturated rings. The van der Waals surface area contributed by atoms with Crippen LogP contribution >= 0.6 is 0 Å². The second kappa shape index (κ2) is 7.20. The highest BCUT2D eigenvalue weighted by atomic mass is 19.1. The van der Waals surface area contributed by atoms with Crippen LogP contribution < -0.4 is 9.80 Å². The zero-order valence-electron chi connectivity index (χ0n) is 16.3. The molecule has 0 spiro atoms. The minimum Gasteiger partial charge on any atom is -0.366 e. The van der Waals surface area contributed by atoms with Gasteiger partial charge in [-0.3, -0.25) is 0 Å². The summed E-state index contributed by atoms with van der Waals surface area (Å²) in [5.74, 6) is 0.757. The summed E-state index contributed by atoms with van der Waals surface area (Å²) in [6.07, 6.45) is 3.68. The van der Waals surface area contributed by atoms with Gasteiger partial charge in [0.1, 0.15) is 11.3 Å². The van der Waals surface area contributed by atoms with Crippen molar-refractivity contribution in [2.75, 3.05) is 36.0 Å². The molecule has 0 N–H and O–H groups in total. The molecule has 6 heteroatoms. The maximum absolute atomic E-state index is 14.1. The fourth-order valence-corrected chi connectivity index (χ4v) is 4.01. The molecule has 4 aromatic rings. The highest BCUT2D eigenvalue weighted by Crippen LogP contribution is 2.28. The Morgan fingerprint density at radius 2 is 1.62 bits per heavy atom. The Kier molecular flexibility index (Phi) is 4.39. The van der Waals surface area contributed by atoms with E-state index in [-0.39, 0.29) is 5.82 Å². The Bertz CT molecular complexity index is 1160. The summed E-state index contributed by atoms with van der Waals surface area (Å²) in [6, 6.07) is 17.3. The minimum atomic E-state index is -0.167. The summed E-state index contributed by atoms with van der Waals surface area (Å²) in [4.78, 5) is 9.01. The Morgan fingerprint density at radius 1 is 0.897 bits per heavy atom. The Morgan fingerprint density at radius 3 is 2.41 bits per heavy atom. The van der Waals surface area contributed by atoms with E-state index in [1.807, 2.05) is 35.0 Å². The highest BCUT2D eigenvalue weighted by molar-refractivity contribution is 5.76. The summed E-state index contributed by atoms with van der Waals surface area (Å²) >= 11 is 0. The molecule has 29 heavy (non-hydrogen) atoms. The van der Waals surface area contributed by atoms with Crippen molar-refractivity contribution in [1.29, 1.82) is 0 Å². The summed E-state index contributed by atoms with van der Waals surface area (Å²) in [5, 5.41) is 4.76. The van der Waals surface area contributed by atoms with Gasteiger partial charge in [-0.1, -0.05) is 36.4 Å². The largest absolute Gasteiger partial charge is 0.366 e. The molecule has 1 aliphatic heterocycles. The van der Waals surface area contributed by atoms with Gasteiger partial charge in [0, 0.05) is 44.1 Å². The number of aromatic nitrogens is 3. The average Bonchev–Trinajstić information content (AvgIpc) is 3.19. The van der Waals surface area contributed by atoms with Gasteiger partial charge in [0.2, 0.25) is 0 Å². The quantitative estimate of drug-likeness (QED) is 0.529. The lowest BCUT2D eigenvalue weighted by molar-refractivity contribution is 0.596. The molecule has 5 nitrogen and oxygen atoms in total. The fourth-order valence-electron chi connectivity index (χ4n) is 4.01. The lowest BCUT2D eigenvalue weighted by Gasteiger charge is -2.36. The number of hydrogen-bond donors (Lipinski definition) is 0. The van der Waals surface area contributed by atoms with E-state index in [0.717, 1.165) is 48.8 Å². The molecule has 2 aromatic heterocycles. The number of hydrogen-bond acceptors (Lipinski definition) is 4. The molecular formula is C23H22FN5. The van der Waals surface area contributed by atoms with E-state index >= 15 is 0 Å². The van der Waals surface area contributed by atoms with Gasteiger partial charge in [-0.2, -0.15) is 5.10 Å². The van der Waals surface area contributed by atoms with Crippen molar-refractivity contribution in [1.82, 2.24) is 14.6 Å². The van der Waals surface area contributed by atoms with E-state index in [1.165, 1.54) is 11.6 Å². The van der Waals surface area contributed by atoms with Gasteiger partial charge >= 0.3 is 0 Å². The standard InChI is InChI=1S/C23H22FN5/c1-17-6-2-3-7-18(17)20-16-22-23(25-10-11-29(22)26-20)28-14-12-27(13-15-28)21-9-5-4-8-19(21)24/h2-11,16H,12-15H2,1H3. The molecule has 0 amide bonds. The van der Waals surface area contributed by atoms with Crippen LogP contribution in [0.2, 0.25) is 0 Å². The van der Waals surface area contributed by atoms with E-state index in [0.29, 0.717) is 5.69 Å². The molecule has 3 heterocycles. The van der Waals surface area contributed by atoms with Crippen LogP contribution in [-0.2, 0) is 0 Å². The van der Waals surface area contributed by atoms with E-state index in [2.05, 4.69) is 39.9 Å². The van der Waals surface area contributed by atoms with Crippen molar-refractivity contribution in [3.05, 3.63) is 78.4 Å². The first-order valence-electron chi connectivity index (χ1n) is 9.85. The predicted molar refractivity (Wildman–Crippen MR) is 114 cm³/mol. The Balaban J connectivity index is 1.43. The molecule has 1 saturated heterocycles. The van der Waals surface area contributed by atoms with Crippen LogP contribution in [0.5, 0.6) is 0 Å². The fraction of sp³-hybridized carbons (Fsp3) is 0.217. The maximum Gasteiger partial charge on any atom is 0.154 e. The van der Waals surface area contributed by atoms with Crippen molar-refractivity contribution in [2.24, 2.45) is 0 Å². The highest BCUT2D eigenvalue weighted by Gasteiger charge is 2.22. The number of anilines is 2. The SMILES string of the molecule is Cc1ccccc1-c1cc2c(N3CCN(c4ccccc4F)CC3)nccn2n1. The van der Waals surface area contributed by atoms with Gasteiger partial charge < -0.3 is 9.80 Å². The summed E-state index contributed by atoms with van der Waals surface area (Å²) in [7, 11) is 0. The van der Waals surface area contributed by atoms with Crippen molar-refractivity contribution >= 4 is 17.0 Å². The third kappa shape index (κ3) is 3.20. The molecule has 0 saturated carbocycles. The second-order valence-electron chi connectivity index (χ2n) is 7.35. The number of halogens is 1. The number of benzene rings is 2. The topological polar surface area (TPSA) is 36.7 Å². The molecule has 2 aromatic carbocycles. The van der Waals surface area contributed by atoms with Crippen molar-refractivity contribution in [2.45, 2.75) is 6.92 Å². The van der Waals surface area contributed by atoms with Crippen molar-refractivity contribution < 1.29 is 4.39 Å². The first-order chi connectivity index (χ1) is 14.2. The maximum atomic E-state index is 14.1. The van der Waals surface area contributed by atoms with Crippen LogP contribution in [0.1, 0.15) is 5.56 Å². The van der Waals surface area contributed by atoms with Crippen LogP contribution in [0.25, 0.3) is 16.8 Å². The smallest absolute Gasteiger partial charge is 0.154 e. The zero-order valence-corrected chi connectivity index (χ0v) is 16.3. The molecule has 0 radical (unpaired) electrons. The third-order valence-corrected chi connectivity index (χ3v) is 5.56. The summed E-state index contributed by atoms with van der Waals surface area (Å²) in [5.41, 5.74) is 4.94. The van der Waals surface area contributed by atoms with Crippen LogP contribution in [0.3, 0.4) is 0 Å². The Hall–Kier alpha value is -3.41. The van der Waals surface area contributed by atoms with E-state index in [4.69, 9.17) is 5.10 Å². The lowest BCUT2D eigenvalue weighted by Crippen LogP contribution is -2.47. The van der Waals surface area contributed by atoms with Gasteiger partial charge in [0.25, 0.3) is 0 Å². The van der Waals surface area contributed by atoms with Gasteiger partial charge in [0.15, 0.2) is 5.82 Å². The van der Waals surface area contributed by atoms with Gasteiger partial charge in [-0.05, 0) is 30.7 Å². The molecule has 0 unspecified atom stereocenters. The number of fused-ring (bicyclic) bond motifs is 1. The molecule has 0 atom stereocenters. The predicted octanol–water partition coefficient (Wildman–Crippen LogP) is 4.17. The summed E-state index contributed by atoms with van der Waals surface area (Å²) < 4.78 is 16.0. The van der Waals surface area contributed by atoms with Crippen LogP contribution in [-0.4, -0.2) is 40.8 Å². The van der Waals surface area contributed by atoms with Crippen LogP contribution in [0.15, 0.2) is 67.0 Å². The molecule has 5 rings (SSSR count). The van der Waals surface area contributed by atoms with Gasteiger partial charge in [-0.15, -0.1) is 0 Å². The van der Waals surface area contributed by atoms with E-state index in [9.17, 15) is 4.39 Å².